The van der Waals surface area contributed by atoms with Crippen LogP contribution in [0.5, 0.6) is 5.75 Å². The Morgan fingerprint density at radius 2 is 1.79 bits per heavy atom. The average molecular weight is 469 g/mol. The Hall–Kier alpha value is -3.85. The summed E-state index contributed by atoms with van der Waals surface area (Å²) in [5, 5.41) is 9.51. The third kappa shape index (κ3) is 4.60. The molecule has 1 aromatic heterocycles. The first-order valence-corrected chi connectivity index (χ1v) is 10.9. The molecule has 0 spiro atoms. The summed E-state index contributed by atoms with van der Waals surface area (Å²) in [5.74, 6) is 0.566. The van der Waals surface area contributed by atoms with Gasteiger partial charge in [-0.15, -0.1) is 0 Å². The zero-order chi connectivity index (χ0) is 24.2. The van der Waals surface area contributed by atoms with Crippen molar-refractivity contribution in [3.63, 3.8) is 0 Å². The first kappa shape index (κ1) is 23.3. The van der Waals surface area contributed by atoms with Crippen molar-refractivity contribution in [1.82, 2.24) is 4.57 Å². The second kappa shape index (κ2) is 9.96. The molecule has 4 rings (SSSR count). The molecule has 0 aliphatic carbocycles. The van der Waals surface area contributed by atoms with Gasteiger partial charge in [0.15, 0.2) is 0 Å². The number of alkyl halides is 2. The lowest BCUT2D eigenvalue weighted by molar-refractivity contribution is -0.0498. The number of nitrogens with zero attached hydrogens (tertiary/aromatic N) is 1. The SMILES string of the molecule is CCOC1C=Cc2cc(-c3ccc(NC)c(NC)c3)c(=O)n(-c3ccc(OC(F)F)cc3)c2N1. The smallest absolute Gasteiger partial charge is 0.387 e. The Labute approximate surface area is 196 Å². The molecule has 1 atom stereocenters. The average Bonchev–Trinajstić information content (AvgIpc) is 2.84. The van der Waals surface area contributed by atoms with E-state index in [2.05, 4.69) is 20.7 Å². The van der Waals surface area contributed by atoms with E-state index in [-0.39, 0.29) is 11.3 Å². The Kier molecular flexibility index (Phi) is 6.83. The van der Waals surface area contributed by atoms with Gasteiger partial charge >= 0.3 is 6.61 Å². The van der Waals surface area contributed by atoms with E-state index in [1.807, 2.05) is 57.4 Å². The molecule has 2 aromatic carbocycles. The fourth-order valence-electron chi connectivity index (χ4n) is 3.93. The molecular weight excluding hydrogens is 442 g/mol. The molecule has 3 aromatic rings. The minimum absolute atomic E-state index is 0.0122. The number of benzene rings is 2. The molecule has 7 nitrogen and oxygen atoms in total. The van der Waals surface area contributed by atoms with E-state index in [1.54, 1.807) is 12.1 Å². The highest BCUT2D eigenvalue weighted by atomic mass is 19.3. The van der Waals surface area contributed by atoms with Crippen LogP contribution in [-0.2, 0) is 4.74 Å². The van der Waals surface area contributed by atoms with Crippen molar-refractivity contribution in [2.75, 3.05) is 36.7 Å². The molecule has 178 valence electrons. The summed E-state index contributed by atoms with van der Waals surface area (Å²) in [6, 6.07) is 13.5. The number of hydrogen-bond acceptors (Lipinski definition) is 6. The molecule has 2 heterocycles. The maximum atomic E-state index is 13.8. The van der Waals surface area contributed by atoms with Crippen LogP contribution >= 0.6 is 0 Å². The van der Waals surface area contributed by atoms with Gasteiger partial charge in [-0.05, 0) is 61.0 Å². The zero-order valence-corrected chi connectivity index (χ0v) is 19.1. The molecule has 1 unspecified atom stereocenters. The van der Waals surface area contributed by atoms with E-state index >= 15 is 0 Å². The van der Waals surface area contributed by atoms with E-state index in [0.29, 0.717) is 23.7 Å². The monoisotopic (exact) mass is 468 g/mol. The molecule has 0 bridgehead atoms. The summed E-state index contributed by atoms with van der Waals surface area (Å²) in [5.41, 5.74) is 4.02. The van der Waals surface area contributed by atoms with Crippen LogP contribution in [-0.4, -0.2) is 38.1 Å². The predicted molar refractivity (Wildman–Crippen MR) is 131 cm³/mol. The van der Waals surface area contributed by atoms with Crippen molar-refractivity contribution < 1.29 is 18.3 Å². The lowest BCUT2D eigenvalue weighted by Gasteiger charge is -2.26. The predicted octanol–water partition coefficient (Wildman–Crippen LogP) is 4.99. The van der Waals surface area contributed by atoms with Gasteiger partial charge in [0.25, 0.3) is 5.56 Å². The molecule has 9 heteroatoms. The Morgan fingerprint density at radius 3 is 2.44 bits per heavy atom. The zero-order valence-electron chi connectivity index (χ0n) is 19.1. The molecule has 34 heavy (non-hydrogen) atoms. The van der Waals surface area contributed by atoms with Crippen LogP contribution in [0.1, 0.15) is 12.5 Å². The third-order valence-electron chi connectivity index (χ3n) is 5.50. The standard InChI is InChI=1S/C25H26F2N4O3/c1-4-33-22-12-6-16-13-19(15-5-11-20(28-2)21(14-15)29-3)24(32)31(23(16)30-22)17-7-9-18(10-8-17)34-25(26)27/h5-14,22,25,28-30H,4H2,1-3H3. The highest BCUT2D eigenvalue weighted by Gasteiger charge is 2.22. The summed E-state index contributed by atoms with van der Waals surface area (Å²) in [6.07, 6.45) is 3.38. The lowest BCUT2D eigenvalue weighted by atomic mass is 10.0. The maximum Gasteiger partial charge on any atom is 0.387 e. The largest absolute Gasteiger partial charge is 0.435 e. The number of rotatable bonds is 8. The lowest BCUT2D eigenvalue weighted by Crippen LogP contribution is -2.31. The highest BCUT2D eigenvalue weighted by molar-refractivity contribution is 5.80. The Bertz CT molecular complexity index is 1260. The molecule has 1 aliphatic rings. The normalized spacial score (nSPS) is 14.5. The van der Waals surface area contributed by atoms with Gasteiger partial charge in [-0.2, -0.15) is 8.78 Å². The highest BCUT2D eigenvalue weighted by Crippen LogP contribution is 2.32. The van der Waals surface area contributed by atoms with Crippen molar-refractivity contribution in [2.24, 2.45) is 0 Å². The molecule has 0 saturated heterocycles. The van der Waals surface area contributed by atoms with Crippen LogP contribution in [0.15, 0.2) is 59.4 Å². The van der Waals surface area contributed by atoms with E-state index in [4.69, 9.17) is 4.74 Å². The maximum absolute atomic E-state index is 13.8. The second-order valence-electron chi connectivity index (χ2n) is 7.51. The minimum atomic E-state index is -2.93. The fraction of sp³-hybridized carbons (Fsp3) is 0.240. The summed E-state index contributed by atoms with van der Waals surface area (Å²) in [6.45, 7) is -0.550. The van der Waals surface area contributed by atoms with E-state index in [0.717, 1.165) is 22.5 Å². The van der Waals surface area contributed by atoms with E-state index in [9.17, 15) is 13.6 Å². The summed E-state index contributed by atoms with van der Waals surface area (Å²) >= 11 is 0. The number of fused-ring (bicyclic) bond motifs is 1. The van der Waals surface area contributed by atoms with Gasteiger partial charge in [-0.3, -0.25) is 9.36 Å². The van der Waals surface area contributed by atoms with Gasteiger partial charge in [0, 0.05) is 31.8 Å². The molecule has 1 aliphatic heterocycles. The number of halogens is 2. The van der Waals surface area contributed by atoms with Gasteiger partial charge in [0.05, 0.1) is 17.1 Å². The molecule has 0 fully saturated rings. The topological polar surface area (TPSA) is 76.5 Å². The number of anilines is 3. The molecule has 0 radical (unpaired) electrons. The number of aromatic nitrogens is 1. The third-order valence-corrected chi connectivity index (χ3v) is 5.50. The summed E-state index contributed by atoms with van der Waals surface area (Å²) < 4.78 is 36.8. The molecule has 0 saturated carbocycles. The van der Waals surface area contributed by atoms with Gasteiger partial charge in [0.2, 0.25) is 0 Å². The first-order chi connectivity index (χ1) is 16.4. The van der Waals surface area contributed by atoms with Crippen LogP contribution in [0.3, 0.4) is 0 Å². The van der Waals surface area contributed by atoms with Gasteiger partial charge in [0.1, 0.15) is 17.8 Å². The summed E-state index contributed by atoms with van der Waals surface area (Å²) in [7, 11) is 3.64. The fourth-order valence-corrected chi connectivity index (χ4v) is 3.93. The van der Waals surface area contributed by atoms with Crippen LogP contribution in [0.25, 0.3) is 22.9 Å². The van der Waals surface area contributed by atoms with E-state index in [1.165, 1.54) is 16.7 Å². The van der Waals surface area contributed by atoms with Crippen molar-refractivity contribution in [1.29, 1.82) is 0 Å². The van der Waals surface area contributed by atoms with Gasteiger partial charge in [-0.25, -0.2) is 0 Å². The number of hydrogen-bond donors (Lipinski definition) is 3. The minimum Gasteiger partial charge on any atom is -0.435 e. The van der Waals surface area contributed by atoms with Crippen LogP contribution in [0.2, 0.25) is 0 Å². The van der Waals surface area contributed by atoms with Gasteiger partial charge < -0.3 is 25.4 Å². The number of nitrogens with one attached hydrogen (secondary N) is 3. The Balaban J connectivity index is 1.89. The van der Waals surface area contributed by atoms with Crippen molar-refractivity contribution >= 4 is 23.3 Å². The van der Waals surface area contributed by atoms with Crippen molar-refractivity contribution in [3.05, 3.63) is 70.5 Å². The van der Waals surface area contributed by atoms with Crippen LogP contribution in [0.4, 0.5) is 26.0 Å². The van der Waals surface area contributed by atoms with Crippen LogP contribution in [0, 0.1) is 0 Å². The van der Waals surface area contributed by atoms with E-state index < -0.39 is 12.8 Å². The van der Waals surface area contributed by atoms with Crippen molar-refractivity contribution in [3.8, 4) is 22.6 Å². The van der Waals surface area contributed by atoms with Crippen LogP contribution < -0.4 is 26.2 Å². The Morgan fingerprint density at radius 1 is 1.06 bits per heavy atom. The number of ether oxygens (including phenoxy) is 2. The quantitative estimate of drug-likeness (QED) is 0.433. The molecule has 0 amide bonds. The molecular formula is C25H26F2N4O3. The van der Waals surface area contributed by atoms with Gasteiger partial charge in [-0.1, -0.05) is 12.1 Å². The van der Waals surface area contributed by atoms with Crippen molar-refractivity contribution in [2.45, 2.75) is 19.8 Å². The number of pyridine rings is 1. The summed E-state index contributed by atoms with van der Waals surface area (Å²) in [4.78, 5) is 13.8. The second-order valence-corrected chi connectivity index (χ2v) is 7.51. The molecule has 3 N–H and O–H groups in total. The first-order valence-electron chi connectivity index (χ1n) is 10.9.